The van der Waals surface area contributed by atoms with Crippen molar-refractivity contribution in [3.8, 4) is 0 Å². The first kappa shape index (κ1) is 11.9. The molecular formula is C11H11F3N2O. The number of alkyl halides is 3. The van der Waals surface area contributed by atoms with E-state index in [2.05, 4.69) is 4.98 Å². The van der Waals surface area contributed by atoms with Crippen LogP contribution < -0.4 is 0 Å². The Balaban J connectivity index is 2.38. The maximum Gasteiger partial charge on any atom is 0.417 e. The van der Waals surface area contributed by atoms with Gasteiger partial charge in [0.1, 0.15) is 5.65 Å². The van der Waals surface area contributed by atoms with E-state index in [1.165, 1.54) is 0 Å². The fraction of sp³-hybridized carbons (Fsp3) is 0.364. The smallest absolute Gasteiger partial charge is 0.396 e. The first-order valence-corrected chi connectivity index (χ1v) is 5.15. The molecule has 1 N–H and O–H groups in total. The van der Waals surface area contributed by atoms with Gasteiger partial charge in [0.15, 0.2) is 0 Å². The van der Waals surface area contributed by atoms with E-state index < -0.39 is 11.7 Å². The number of fused-ring (bicyclic) bond motifs is 1. The molecule has 0 saturated heterocycles. The molecule has 0 aromatic carbocycles. The minimum atomic E-state index is -4.37. The zero-order valence-corrected chi connectivity index (χ0v) is 8.91. The number of pyridine rings is 1. The average molecular weight is 244 g/mol. The molecule has 2 aromatic rings. The van der Waals surface area contributed by atoms with Crippen molar-refractivity contribution in [2.45, 2.75) is 19.1 Å². The Morgan fingerprint density at radius 2 is 2.12 bits per heavy atom. The third-order valence-corrected chi connectivity index (χ3v) is 2.49. The highest BCUT2D eigenvalue weighted by Crippen LogP contribution is 2.30. The molecule has 0 atom stereocenters. The summed E-state index contributed by atoms with van der Waals surface area (Å²) in [4.78, 5) is 3.82. The van der Waals surface area contributed by atoms with Crippen LogP contribution in [0.2, 0.25) is 0 Å². The lowest BCUT2D eigenvalue weighted by atomic mass is 10.2. The van der Waals surface area contributed by atoms with Crippen LogP contribution in [0.3, 0.4) is 0 Å². The number of nitrogens with zero attached hydrogens (tertiary/aromatic N) is 2. The molecule has 0 bridgehead atoms. The van der Waals surface area contributed by atoms with Crippen LogP contribution in [-0.2, 0) is 12.7 Å². The summed E-state index contributed by atoms with van der Waals surface area (Å²) in [5, 5.41) is 9.16. The fourth-order valence-electron chi connectivity index (χ4n) is 1.65. The van der Waals surface area contributed by atoms with Crippen molar-refractivity contribution in [2.75, 3.05) is 6.61 Å². The van der Waals surface area contributed by atoms with E-state index >= 15 is 0 Å². The summed E-state index contributed by atoms with van der Waals surface area (Å²) in [6.07, 6.45) is -1.31. The largest absolute Gasteiger partial charge is 0.417 e. The average Bonchev–Trinajstić information content (AvgIpc) is 2.67. The van der Waals surface area contributed by atoms with E-state index in [0.717, 1.165) is 12.3 Å². The lowest BCUT2D eigenvalue weighted by Crippen LogP contribution is -2.06. The predicted molar refractivity (Wildman–Crippen MR) is 56.4 cm³/mol. The molecule has 0 amide bonds. The molecule has 6 heteroatoms. The minimum absolute atomic E-state index is 0.0420. The van der Waals surface area contributed by atoms with Crippen LogP contribution >= 0.6 is 0 Å². The van der Waals surface area contributed by atoms with Gasteiger partial charge in [0.2, 0.25) is 0 Å². The van der Waals surface area contributed by atoms with E-state index in [1.807, 2.05) is 0 Å². The van der Waals surface area contributed by atoms with E-state index in [0.29, 0.717) is 24.0 Å². The number of halogens is 3. The van der Waals surface area contributed by atoms with Gasteiger partial charge in [-0.3, -0.25) is 0 Å². The number of aliphatic hydroxyl groups excluding tert-OH is 1. The first-order valence-electron chi connectivity index (χ1n) is 5.15. The van der Waals surface area contributed by atoms with Crippen LogP contribution in [0.15, 0.2) is 24.5 Å². The van der Waals surface area contributed by atoms with Crippen LogP contribution in [0, 0.1) is 0 Å². The van der Waals surface area contributed by atoms with E-state index in [-0.39, 0.29) is 6.61 Å². The molecule has 0 aliphatic heterocycles. The Bertz CT molecular complexity index is 519. The van der Waals surface area contributed by atoms with Crippen molar-refractivity contribution in [3.63, 3.8) is 0 Å². The maximum absolute atomic E-state index is 12.4. The van der Waals surface area contributed by atoms with Gasteiger partial charge >= 0.3 is 6.18 Å². The maximum atomic E-state index is 12.4. The molecule has 0 aliphatic carbocycles. The molecule has 0 spiro atoms. The van der Waals surface area contributed by atoms with Crippen molar-refractivity contribution in [3.05, 3.63) is 30.1 Å². The first-order chi connectivity index (χ1) is 8.02. The number of aryl methyl sites for hydroxylation is 1. The number of aliphatic hydroxyl groups is 1. The number of hydrogen-bond donors (Lipinski definition) is 1. The summed E-state index contributed by atoms with van der Waals surface area (Å²) in [6.45, 7) is 0.582. The number of rotatable bonds is 3. The Morgan fingerprint density at radius 1 is 1.35 bits per heavy atom. The third-order valence-electron chi connectivity index (χ3n) is 2.49. The quantitative estimate of drug-likeness (QED) is 0.900. The van der Waals surface area contributed by atoms with Gasteiger partial charge in [0.05, 0.1) is 5.56 Å². The second kappa shape index (κ2) is 4.37. The second-order valence-electron chi connectivity index (χ2n) is 3.72. The molecule has 0 saturated carbocycles. The molecule has 0 unspecified atom stereocenters. The molecule has 3 nitrogen and oxygen atoms in total. The Labute approximate surface area is 95.5 Å². The summed E-state index contributed by atoms with van der Waals surface area (Å²) < 4.78 is 39.1. The lowest BCUT2D eigenvalue weighted by Gasteiger charge is -2.07. The van der Waals surface area contributed by atoms with Crippen LogP contribution in [-0.4, -0.2) is 21.3 Å². The van der Waals surface area contributed by atoms with Gasteiger partial charge in [-0.05, 0) is 18.6 Å². The molecular weight excluding hydrogens is 233 g/mol. The highest BCUT2D eigenvalue weighted by molar-refractivity contribution is 5.76. The molecule has 17 heavy (non-hydrogen) atoms. The Kier molecular flexibility index (Phi) is 3.06. The van der Waals surface area contributed by atoms with Crippen molar-refractivity contribution < 1.29 is 18.3 Å². The monoisotopic (exact) mass is 244 g/mol. The predicted octanol–water partition coefficient (Wildman–Crippen LogP) is 2.44. The second-order valence-corrected chi connectivity index (χ2v) is 3.72. The molecule has 0 aliphatic rings. The van der Waals surface area contributed by atoms with Gasteiger partial charge in [-0.15, -0.1) is 0 Å². The summed E-state index contributed by atoms with van der Waals surface area (Å²) in [5.41, 5.74) is -0.239. The standard InChI is InChI=1S/C11H11F3N2O/c12-11(13,14)9-6-8-2-4-16(3-1-5-17)10(8)15-7-9/h2,4,6-7,17H,1,3,5H2. The van der Waals surface area contributed by atoms with Gasteiger partial charge < -0.3 is 9.67 Å². The van der Waals surface area contributed by atoms with Crippen LogP contribution in [0.25, 0.3) is 11.0 Å². The topological polar surface area (TPSA) is 38.0 Å². The molecule has 0 fully saturated rings. The highest BCUT2D eigenvalue weighted by Gasteiger charge is 2.31. The molecule has 2 rings (SSSR count). The normalized spacial score (nSPS) is 12.2. The van der Waals surface area contributed by atoms with Crippen LogP contribution in [0.4, 0.5) is 13.2 Å². The van der Waals surface area contributed by atoms with E-state index in [9.17, 15) is 13.2 Å². The molecule has 0 radical (unpaired) electrons. The summed E-state index contributed by atoms with van der Waals surface area (Å²) in [5.74, 6) is 0. The molecule has 92 valence electrons. The SMILES string of the molecule is OCCCn1ccc2cc(C(F)(F)F)cnc21. The Hall–Kier alpha value is -1.56. The molecule has 2 aromatic heterocycles. The van der Waals surface area contributed by atoms with Crippen LogP contribution in [0.5, 0.6) is 0 Å². The number of hydrogen-bond acceptors (Lipinski definition) is 2. The van der Waals surface area contributed by atoms with E-state index in [1.54, 1.807) is 16.8 Å². The summed E-state index contributed by atoms with van der Waals surface area (Å²) in [7, 11) is 0. The van der Waals surface area contributed by atoms with Gasteiger partial charge in [0.25, 0.3) is 0 Å². The van der Waals surface area contributed by atoms with Gasteiger partial charge in [0, 0.05) is 30.9 Å². The van der Waals surface area contributed by atoms with Crippen molar-refractivity contribution in [2.24, 2.45) is 0 Å². The zero-order valence-electron chi connectivity index (χ0n) is 8.91. The fourth-order valence-corrected chi connectivity index (χ4v) is 1.65. The summed E-state index contributed by atoms with van der Waals surface area (Å²) >= 11 is 0. The molecule has 2 heterocycles. The van der Waals surface area contributed by atoms with Gasteiger partial charge in [-0.2, -0.15) is 13.2 Å². The van der Waals surface area contributed by atoms with Crippen molar-refractivity contribution in [1.29, 1.82) is 0 Å². The van der Waals surface area contributed by atoms with Crippen LogP contribution in [0.1, 0.15) is 12.0 Å². The van der Waals surface area contributed by atoms with Crippen molar-refractivity contribution >= 4 is 11.0 Å². The highest BCUT2D eigenvalue weighted by atomic mass is 19.4. The summed E-state index contributed by atoms with van der Waals surface area (Å²) in [6, 6.07) is 2.67. The van der Waals surface area contributed by atoms with Gasteiger partial charge in [-0.1, -0.05) is 0 Å². The third kappa shape index (κ3) is 2.41. The zero-order chi connectivity index (χ0) is 12.5. The lowest BCUT2D eigenvalue weighted by molar-refractivity contribution is -0.137. The Morgan fingerprint density at radius 3 is 2.76 bits per heavy atom. The minimum Gasteiger partial charge on any atom is -0.396 e. The van der Waals surface area contributed by atoms with Gasteiger partial charge in [-0.25, -0.2) is 4.98 Å². The number of aromatic nitrogens is 2. The van der Waals surface area contributed by atoms with Crippen molar-refractivity contribution in [1.82, 2.24) is 9.55 Å². The van der Waals surface area contributed by atoms with E-state index in [4.69, 9.17) is 5.11 Å².